The predicted octanol–water partition coefficient (Wildman–Crippen LogP) is 7.63. The van der Waals surface area contributed by atoms with Crippen LogP contribution in [0.1, 0.15) is 37.7 Å². The van der Waals surface area contributed by atoms with Crippen LogP contribution in [-0.2, 0) is 0 Å². The number of aromatic nitrogens is 4. The van der Waals surface area contributed by atoms with Gasteiger partial charge < -0.3 is 9.32 Å². The van der Waals surface area contributed by atoms with E-state index in [-0.39, 0.29) is 0 Å². The molecule has 0 aliphatic heterocycles. The Morgan fingerprint density at radius 1 is 0.941 bits per heavy atom. The normalized spacial score (nSPS) is 14.5. The van der Waals surface area contributed by atoms with Gasteiger partial charge in [0, 0.05) is 34.3 Å². The quantitative estimate of drug-likeness (QED) is 0.273. The van der Waals surface area contributed by atoms with Crippen LogP contribution in [0.25, 0.3) is 28.5 Å². The highest BCUT2D eigenvalue weighted by atomic mass is 35.5. The highest BCUT2D eigenvalue weighted by molar-refractivity contribution is 6.35. The molecule has 2 heterocycles. The van der Waals surface area contributed by atoms with Crippen LogP contribution in [0.2, 0.25) is 15.1 Å². The minimum absolute atomic E-state index is 0.370. The van der Waals surface area contributed by atoms with Crippen molar-refractivity contribution in [3.63, 3.8) is 0 Å². The molecule has 1 fully saturated rings. The standard InChI is InChI=1S/C25H24Cl3N5O/c1-15-22(24-29-30-25(34-24)32(2)19-6-4-3-5-7-19)31-33(21-13-12-18(27)14-20(21)28)23(15)16-8-10-17(26)11-9-16/h8-14,19H,3-7H2,1-2H3. The molecule has 1 saturated carbocycles. The summed E-state index contributed by atoms with van der Waals surface area (Å²) < 4.78 is 7.92. The molecule has 2 aromatic carbocycles. The van der Waals surface area contributed by atoms with Crippen LogP contribution in [0.5, 0.6) is 0 Å². The summed E-state index contributed by atoms with van der Waals surface area (Å²) in [4.78, 5) is 2.10. The Morgan fingerprint density at radius 3 is 2.35 bits per heavy atom. The minimum Gasteiger partial charge on any atom is -0.401 e. The topological polar surface area (TPSA) is 60.0 Å². The smallest absolute Gasteiger partial charge is 0.318 e. The molecule has 5 rings (SSSR count). The van der Waals surface area contributed by atoms with E-state index in [0.29, 0.717) is 44.4 Å². The Labute approximate surface area is 213 Å². The molecule has 0 atom stereocenters. The number of anilines is 1. The van der Waals surface area contributed by atoms with Gasteiger partial charge in [-0.25, -0.2) is 4.68 Å². The molecule has 34 heavy (non-hydrogen) atoms. The number of hydrogen-bond donors (Lipinski definition) is 0. The van der Waals surface area contributed by atoms with Crippen molar-refractivity contribution in [1.29, 1.82) is 0 Å². The lowest BCUT2D eigenvalue weighted by atomic mass is 9.95. The molecule has 176 valence electrons. The summed E-state index contributed by atoms with van der Waals surface area (Å²) in [6.45, 7) is 1.99. The van der Waals surface area contributed by atoms with Crippen molar-refractivity contribution in [3.05, 3.63) is 63.1 Å². The number of rotatable bonds is 5. The fourth-order valence-corrected chi connectivity index (χ4v) is 5.17. The van der Waals surface area contributed by atoms with Crippen molar-refractivity contribution in [3.8, 4) is 28.5 Å². The van der Waals surface area contributed by atoms with E-state index in [9.17, 15) is 0 Å². The fourth-order valence-electron chi connectivity index (χ4n) is 4.55. The summed E-state index contributed by atoms with van der Waals surface area (Å²) >= 11 is 18.8. The molecule has 0 N–H and O–H groups in total. The number of hydrogen-bond acceptors (Lipinski definition) is 5. The van der Waals surface area contributed by atoms with Crippen molar-refractivity contribution in [2.75, 3.05) is 11.9 Å². The molecule has 0 radical (unpaired) electrons. The lowest BCUT2D eigenvalue weighted by molar-refractivity contribution is 0.407. The van der Waals surface area contributed by atoms with Crippen LogP contribution in [0.3, 0.4) is 0 Å². The van der Waals surface area contributed by atoms with Gasteiger partial charge >= 0.3 is 6.01 Å². The molecule has 0 saturated heterocycles. The maximum absolute atomic E-state index is 6.56. The Morgan fingerprint density at radius 2 is 1.65 bits per heavy atom. The highest BCUT2D eigenvalue weighted by Crippen LogP contribution is 2.37. The summed E-state index contributed by atoms with van der Waals surface area (Å²) in [5.74, 6) is 0.370. The van der Waals surface area contributed by atoms with Crippen molar-refractivity contribution in [1.82, 2.24) is 20.0 Å². The molecular weight excluding hydrogens is 493 g/mol. The van der Waals surface area contributed by atoms with Crippen LogP contribution >= 0.6 is 34.8 Å². The molecule has 0 bridgehead atoms. The summed E-state index contributed by atoms with van der Waals surface area (Å²) in [6, 6.07) is 13.9. The lowest BCUT2D eigenvalue weighted by Crippen LogP contribution is -2.33. The second-order valence-electron chi connectivity index (χ2n) is 8.63. The monoisotopic (exact) mass is 515 g/mol. The third-order valence-electron chi connectivity index (χ3n) is 6.42. The van der Waals surface area contributed by atoms with Gasteiger partial charge in [-0.05, 0) is 50.1 Å². The van der Waals surface area contributed by atoms with Crippen molar-refractivity contribution in [2.24, 2.45) is 0 Å². The van der Waals surface area contributed by atoms with Crippen molar-refractivity contribution < 1.29 is 4.42 Å². The van der Waals surface area contributed by atoms with E-state index >= 15 is 0 Å². The molecular formula is C25H24Cl3N5O. The SMILES string of the molecule is Cc1c(-c2nnc(N(C)C3CCCCC3)o2)nn(-c2ccc(Cl)cc2Cl)c1-c1ccc(Cl)cc1. The zero-order chi connectivity index (χ0) is 23.8. The van der Waals surface area contributed by atoms with Crippen LogP contribution in [0.4, 0.5) is 6.01 Å². The third kappa shape index (κ3) is 4.42. The van der Waals surface area contributed by atoms with Gasteiger partial charge in [0.05, 0.1) is 16.4 Å². The number of halogens is 3. The molecule has 6 nitrogen and oxygen atoms in total. The molecule has 2 aromatic heterocycles. The Hall–Kier alpha value is -2.54. The summed E-state index contributed by atoms with van der Waals surface area (Å²) in [6.07, 6.45) is 6.02. The van der Waals surface area contributed by atoms with Gasteiger partial charge in [0.15, 0.2) is 5.69 Å². The zero-order valence-corrected chi connectivity index (χ0v) is 21.2. The molecule has 0 unspecified atom stereocenters. The van der Waals surface area contributed by atoms with Gasteiger partial charge in [-0.15, -0.1) is 5.10 Å². The van der Waals surface area contributed by atoms with Gasteiger partial charge in [0.1, 0.15) is 0 Å². The van der Waals surface area contributed by atoms with Gasteiger partial charge in [0.2, 0.25) is 0 Å². The molecule has 1 aliphatic rings. The van der Waals surface area contributed by atoms with Gasteiger partial charge in [-0.1, -0.05) is 71.3 Å². The molecule has 4 aromatic rings. The predicted molar refractivity (Wildman–Crippen MR) is 137 cm³/mol. The van der Waals surface area contributed by atoms with E-state index in [1.165, 1.54) is 19.3 Å². The Balaban J connectivity index is 1.60. The van der Waals surface area contributed by atoms with Gasteiger partial charge in [0.25, 0.3) is 5.89 Å². The summed E-state index contributed by atoms with van der Waals surface area (Å²) in [7, 11) is 2.02. The van der Waals surface area contributed by atoms with E-state index in [4.69, 9.17) is 44.3 Å². The van der Waals surface area contributed by atoms with E-state index < -0.39 is 0 Å². The van der Waals surface area contributed by atoms with Crippen LogP contribution < -0.4 is 4.90 Å². The molecule has 9 heteroatoms. The average Bonchev–Trinajstić information content (AvgIpc) is 3.45. The lowest BCUT2D eigenvalue weighted by Gasteiger charge is -2.29. The summed E-state index contributed by atoms with van der Waals surface area (Å²) in [5.41, 5.74) is 3.99. The first-order valence-electron chi connectivity index (χ1n) is 11.3. The van der Waals surface area contributed by atoms with E-state index in [2.05, 4.69) is 15.1 Å². The largest absolute Gasteiger partial charge is 0.401 e. The van der Waals surface area contributed by atoms with Gasteiger partial charge in [-0.2, -0.15) is 5.10 Å². The Bertz CT molecular complexity index is 1310. The third-order valence-corrected chi connectivity index (χ3v) is 7.21. The van der Waals surface area contributed by atoms with Crippen LogP contribution in [0.15, 0.2) is 46.9 Å². The van der Waals surface area contributed by atoms with E-state index in [0.717, 1.165) is 29.7 Å². The first-order chi connectivity index (χ1) is 16.4. The fraction of sp³-hybridized carbons (Fsp3) is 0.320. The maximum atomic E-state index is 6.56. The minimum atomic E-state index is 0.370. The first kappa shape index (κ1) is 23.2. The first-order valence-corrected chi connectivity index (χ1v) is 12.4. The zero-order valence-electron chi connectivity index (χ0n) is 18.9. The van der Waals surface area contributed by atoms with E-state index in [1.807, 2.05) is 44.3 Å². The van der Waals surface area contributed by atoms with Gasteiger partial charge in [-0.3, -0.25) is 0 Å². The van der Waals surface area contributed by atoms with E-state index in [1.54, 1.807) is 16.8 Å². The van der Waals surface area contributed by atoms with Crippen molar-refractivity contribution in [2.45, 2.75) is 45.1 Å². The highest BCUT2D eigenvalue weighted by Gasteiger charge is 2.26. The Kier molecular flexibility index (Phi) is 6.56. The molecule has 0 amide bonds. The van der Waals surface area contributed by atoms with Crippen LogP contribution in [0, 0.1) is 6.92 Å². The number of benzene rings is 2. The average molecular weight is 517 g/mol. The van der Waals surface area contributed by atoms with Crippen LogP contribution in [-0.4, -0.2) is 33.1 Å². The molecule has 0 spiro atoms. The second kappa shape index (κ2) is 9.61. The number of nitrogens with zero attached hydrogens (tertiary/aromatic N) is 5. The second-order valence-corrected chi connectivity index (χ2v) is 9.91. The summed E-state index contributed by atoms with van der Waals surface area (Å²) in [5, 5.41) is 15.2. The molecule has 1 aliphatic carbocycles. The maximum Gasteiger partial charge on any atom is 0.318 e. The van der Waals surface area contributed by atoms with Crippen molar-refractivity contribution >= 4 is 40.8 Å².